The quantitative estimate of drug-likeness (QED) is 0.769. The fourth-order valence-corrected chi connectivity index (χ4v) is 1.53. The summed E-state index contributed by atoms with van der Waals surface area (Å²) in [5.74, 6) is 0.727. The van der Waals surface area contributed by atoms with Gasteiger partial charge in [0.1, 0.15) is 5.75 Å². The second-order valence-corrected chi connectivity index (χ2v) is 4.71. The van der Waals surface area contributed by atoms with E-state index in [1.165, 1.54) is 0 Å². The lowest BCUT2D eigenvalue weighted by Crippen LogP contribution is -2.10. The summed E-state index contributed by atoms with van der Waals surface area (Å²) in [6.07, 6.45) is 1.64. The molecule has 3 heteroatoms. The first kappa shape index (κ1) is 13.5. The molecule has 17 heavy (non-hydrogen) atoms. The molecule has 0 saturated heterocycles. The smallest absolute Gasteiger partial charge is 0.124 e. The van der Waals surface area contributed by atoms with Crippen molar-refractivity contribution in [1.82, 2.24) is 0 Å². The van der Waals surface area contributed by atoms with Crippen molar-refractivity contribution >= 4 is 0 Å². The Hall–Kier alpha value is -1.53. The van der Waals surface area contributed by atoms with Crippen molar-refractivity contribution in [3.05, 3.63) is 29.8 Å². The monoisotopic (exact) mass is 233 g/mol. The second-order valence-electron chi connectivity index (χ2n) is 4.71. The minimum absolute atomic E-state index is 0.0140. The molecule has 0 unspecified atom stereocenters. The van der Waals surface area contributed by atoms with E-state index in [-0.39, 0.29) is 12.0 Å². The second kappa shape index (κ2) is 6.27. The van der Waals surface area contributed by atoms with Crippen LogP contribution in [0.3, 0.4) is 0 Å². The first-order valence-corrected chi connectivity index (χ1v) is 5.82. The van der Waals surface area contributed by atoms with Crippen LogP contribution in [0.25, 0.3) is 0 Å². The molecule has 0 saturated carbocycles. The highest BCUT2D eigenvalue weighted by Gasteiger charge is 2.15. The molecule has 1 rings (SSSR count). The number of nitrogens with zero attached hydrogens (tertiary/aromatic N) is 1. The zero-order valence-electron chi connectivity index (χ0n) is 10.4. The van der Waals surface area contributed by atoms with Crippen molar-refractivity contribution in [2.75, 3.05) is 6.61 Å². The molecule has 0 fully saturated rings. The largest absolute Gasteiger partial charge is 0.493 e. The highest BCUT2D eigenvalue weighted by molar-refractivity contribution is 5.32. The number of rotatable bonds is 6. The van der Waals surface area contributed by atoms with Gasteiger partial charge in [-0.25, -0.2) is 0 Å². The van der Waals surface area contributed by atoms with Gasteiger partial charge in [-0.15, -0.1) is 0 Å². The van der Waals surface area contributed by atoms with Crippen molar-refractivity contribution in [3.63, 3.8) is 0 Å². The van der Waals surface area contributed by atoms with E-state index in [0.717, 1.165) is 24.2 Å². The summed E-state index contributed by atoms with van der Waals surface area (Å²) in [7, 11) is 0. The molecule has 3 nitrogen and oxygen atoms in total. The Balaban J connectivity index is 2.39. The summed E-state index contributed by atoms with van der Waals surface area (Å²) in [5, 5.41) is 18.0. The van der Waals surface area contributed by atoms with Crippen LogP contribution in [-0.4, -0.2) is 11.7 Å². The molecule has 0 spiro atoms. The summed E-state index contributed by atoms with van der Waals surface area (Å²) < 4.78 is 5.60. The molecule has 0 aliphatic carbocycles. The first-order chi connectivity index (χ1) is 8.09. The molecule has 1 aromatic rings. The number of aliphatic hydroxyl groups excluding tert-OH is 1. The lowest BCUT2D eigenvalue weighted by atomic mass is 9.90. The Kier molecular flexibility index (Phi) is 4.99. The fraction of sp³-hybridized carbons (Fsp3) is 0.500. The summed E-state index contributed by atoms with van der Waals surface area (Å²) in [6.45, 7) is 4.41. The molecule has 0 amide bonds. The van der Waals surface area contributed by atoms with E-state index in [9.17, 15) is 0 Å². The van der Waals surface area contributed by atoms with Crippen LogP contribution >= 0.6 is 0 Å². The van der Waals surface area contributed by atoms with Crippen LogP contribution in [0.4, 0.5) is 0 Å². The Morgan fingerprint density at radius 2 is 2.06 bits per heavy atom. The molecule has 0 heterocycles. The van der Waals surface area contributed by atoms with Gasteiger partial charge in [-0.1, -0.05) is 18.2 Å². The van der Waals surface area contributed by atoms with Crippen LogP contribution < -0.4 is 4.74 Å². The van der Waals surface area contributed by atoms with Gasteiger partial charge < -0.3 is 9.84 Å². The number of hydrogen-bond acceptors (Lipinski definition) is 3. The van der Waals surface area contributed by atoms with Crippen molar-refractivity contribution in [1.29, 1.82) is 5.26 Å². The summed E-state index contributed by atoms with van der Waals surface area (Å²) >= 11 is 0. The number of benzene rings is 1. The number of hydrogen-bond donors (Lipinski definition) is 1. The summed E-state index contributed by atoms with van der Waals surface area (Å²) in [5.41, 5.74) is 0.506. The predicted octanol–water partition coefficient (Wildman–Crippen LogP) is 2.89. The van der Waals surface area contributed by atoms with E-state index >= 15 is 0 Å². The van der Waals surface area contributed by atoms with Gasteiger partial charge in [0.05, 0.1) is 24.7 Å². The van der Waals surface area contributed by atoms with Gasteiger partial charge >= 0.3 is 0 Å². The molecule has 0 radical (unpaired) electrons. The van der Waals surface area contributed by atoms with Crippen molar-refractivity contribution in [2.24, 2.45) is 5.41 Å². The van der Waals surface area contributed by atoms with Crippen LogP contribution in [0.15, 0.2) is 24.3 Å². The lowest BCUT2D eigenvalue weighted by molar-refractivity contribution is 0.254. The maximum absolute atomic E-state index is 9.12. The standard InChI is InChI=1S/C14H19NO2/c1-14(2,11-15)8-5-9-17-13-7-4-3-6-12(13)10-16/h3-4,6-7,16H,5,8-10H2,1-2H3. The van der Waals surface area contributed by atoms with Crippen LogP contribution in [0.1, 0.15) is 32.3 Å². The van der Waals surface area contributed by atoms with Crippen LogP contribution in [0, 0.1) is 16.7 Å². The van der Waals surface area contributed by atoms with Gasteiger partial charge in [-0.05, 0) is 32.8 Å². The molecular formula is C14H19NO2. The summed E-state index contributed by atoms with van der Waals surface area (Å²) in [4.78, 5) is 0. The molecule has 1 aromatic carbocycles. The van der Waals surface area contributed by atoms with Gasteiger partial charge in [0.25, 0.3) is 0 Å². The Labute approximate surface area is 103 Å². The molecule has 0 aliphatic heterocycles. The van der Waals surface area contributed by atoms with Crippen LogP contribution in [0.2, 0.25) is 0 Å². The highest BCUT2D eigenvalue weighted by Crippen LogP contribution is 2.22. The summed E-state index contributed by atoms with van der Waals surface area (Å²) in [6, 6.07) is 9.71. The van der Waals surface area contributed by atoms with Crippen molar-refractivity contribution in [3.8, 4) is 11.8 Å². The van der Waals surface area contributed by atoms with Gasteiger partial charge in [0.2, 0.25) is 0 Å². The molecule has 1 N–H and O–H groups in total. The fourth-order valence-electron chi connectivity index (χ4n) is 1.53. The van der Waals surface area contributed by atoms with E-state index in [1.807, 2.05) is 38.1 Å². The third-order valence-corrected chi connectivity index (χ3v) is 2.65. The average molecular weight is 233 g/mol. The molecule has 0 bridgehead atoms. The normalized spacial score (nSPS) is 10.9. The van der Waals surface area contributed by atoms with E-state index in [0.29, 0.717) is 6.61 Å². The molecule has 0 aromatic heterocycles. The van der Waals surface area contributed by atoms with Gasteiger partial charge in [-0.2, -0.15) is 5.26 Å². The highest BCUT2D eigenvalue weighted by atomic mass is 16.5. The Morgan fingerprint density at radius 3 is 2.71 bits per heavy atom. The van der Waals surface area contributed by atoms with E-state index < -0.39 is 0 Å². The maximum atomic E-state index is 9.12. The third-order valence-electron chi connectivity index (χ3n) is 2.65. The first-order valence-electron chi connectivity index (χ1n) is 5.82. The Bertz CT molecular complexity index is 393. The third kappa shape index (κ3) is 4.46. The van der Waals surface area contributed by atoms with E-state index in [2.05, 4.69) is 6.07 Å². The van der Waals surface area contributed by atoms with Gasteiger partial charge in [0, 0.05) is 5.56 Å². The molecule has 92 valence electrons. The van der Waals surface area contributed by atoms with E-state index in [1.54, 1.807) is 0 Å². The van der Waals surface area contributed by atoms with Crippen LogP contribution in [0.5, 0.6) is 5.75 Å². The number of aliphatic hydroxyl groups is 1. The van der Waals surface area contributed by atoms with E-state index in [4.69, 9.17) is 15.1 Å². The molecule has 0 atom stereocenters. The van der Waals surface area contributed by atoms with Crippen LogP contribution in [-0.2, 0) is 6.61 Å². The Morgan fingerprint density at radius 1 is 1.35 bits per heavy atom. The molecule has 0 aliphatic rings. The maximum Gasteiger partial charge on any atom is 0.124 e. The lowest BCUT2D eigenvalue weighted by Gasteiger charge is -2.15. The zero-order valence-corrected chi connectivity index (χ0v) is 10.4. The van der Waals surface area contributed by atoms with Crippen molar-refractivity contribution < 1.29 is 9.84 Å². The minimum atomic E-state index is -0.292. The SMILES string of the molecule is CC(C)(C#N)CCCOc1ccccc1CO. The zero-order chi connectivity index (χ0) is 12.7. The number of ether oxygens (including phenoxy) is 1. The number of para-hydroxylation sites is 1. The van der Waals surface area contributed by atoms with Crippen molar-refractivity contribution in [2.45, 2.75) is 33.3 Å². The average Bonchev–Trinajstić information content (AvgIpc) is 2.35. The predicted molar refractivity (Wildman–Crippen MR) is 66.5 cm³/mol. The molecular weight excluding hydrogens is 214 g/mol. The topological polar surface area (TPSA) is 53.2 Å². The number of nitriles is 1. The minimum Gasteiger partial charge on any atom is -0.493 e. The van der Waals surface area contributed by atoms with Gasteiger partial charge in [0.15, 0.2) is 0 Å². The van der Waals surface area contributed by atoms with Gasteiger partial charge in [-0.3, -0.25) is 0 Å².